The molecule has 1 saturated heterocycles. The van der Waals surface area contributed by atoms with Crippen molar-refractivity contribution in [2.75, 3.05) is 0 Å². The molecule has 2 amide bonds. The fraction of sp³-hybridized carbons (Fsp3) is 0.318. The second-order valence-corrected chi connectivity index (χ2v) is 9.37. The van der Waals surface area contributed by atoms with Gasteiger partial charge in [-0.15, -0.1) is 0 Å². The molecule has 2 bridgehead atoms. The van der Waals surface area contributed by atoms with Gasteiger partial charge in [0.15, 0.2) is 0 Å². The molecule has 1 aliphatic heterocycles. The Labute approximate surface area is 184 Å². The largest absolute Gasteiger partial charge is 0.455 e. The molecule has 0 N–H and O–H groups in total. The number of amides is 2. The summed E-state index contributed by atoms with van der Waals surface area (Å²) in [4.78, 5) is 36.3. The zero-order valence-corrected chi connectivity index (χ0v) is 17.6. The first-order valence-corrected chi connectivity index (χ1v) is 10.9. The lowest BCUT2D eigenvalue weighted by molar-refractivity contribution is -0.384. The maximum atomic E-state index is 12.9. The molecule has 4 aliphatic carbocycles. The second kappa shape index (κ2) is 6.46. The molecule has 0 unspecified atom stereocenters. The van der Waals surface area contributed by atoms with E-state index in [9.17, 15) is 19.7 Å². The standard InChI is InChI=1S/C22H16BrN3O5/c23-17-7-10(26(29)30)1-3-14(17)18-6-2-11(31-18)9-24-25-21(27)19-12-4-5-13(16-8-15(12)16)20(19)22(25)28/h1-7,9,12-13,15-16,19-20H,8H2/b24-9-/t12-,13-,15-,16-,19+,20+/m1/s1. The SMILES string of the molecule is O=C1[C@H]2[C@@H]3C=C[C@H]([C@H]4C[C@H]34)[C@@H]2C(=O)N1/N=C\c1ccc(-c2ccc([N+](=O)[O-])cc2Br)o1. The van der Waals surface area contributed by atoms with Gasteiger partial charge >= 0.3 is 0 Å². The third-order valence-electron chi connectivity index (χ3n) is 7.00. The number of halogens is 1. The third-order valence-corrected chi connectivity index (χ3v) is 7.65. The number of nitro benzene ring substituents is 1. The van der Waals surface area contributed by atoms with Gasteiger partial charge in [0, 0.05) is 22.2 Å². The fourth-order valence-corrected chi connectivity index (χ4v) is 6.12. The van der Waals surface area contributed by atoms with E-state index in [2.05, 4.69) is 33.2 Å². The van der Waals surface area contributed by atoms with Crippen molar-refractivity contribution in [1.29, 1.82) is 0 Å². The number of carbonyl (C=O) groups excluding carboxylic acids is 2. The average molecular weight is 482 g/mol. The van der Waals surface area contributed by atoms with Crippen molar-refractivity contribution >= 4 is 39.6 Å². The van der Waals surface area contributed by atoms with Gasteiger partial charge in [-0.05, 0) is 64.2 Å². The molecule has 6 atom stereocenters. The molecule has 31 heavy (non-hydrogen) atoms. The van der Waals surface area contributed by atoms with Crippen molar-refractivity contribution in [2.45, 2.75) is 6.42 Å². The summed E-state index contributed by atoms with van der Waals surface area (Å²) in [5.41, 5.74) is 0.615. The first-order chi connectivity index (χ1) is 14.9. The molecule has 156 valence electrons. The highest BCUT2D eigenvalue weighted by Gasteiger charge is 2.67. The topological polar surface area (TPSA) is 106 Å². The number of nitrogens with zero attached hydrogens (tertiary/aromatic N) is 3. The van der Waals surface area contributed by atoms with Gasteiger partial charge in [0.25, 0.3) is 17.5 Å². The van der Waals surface area contributed by atoms with Gasteiger partial charge in [-0.2, -0.15) is 10.1 Å². The molecular formula is C22H16BrN3O5. The maximum Gasteiger partial charge on any atom is 0.270 e. The molecular weight excluding hydrogens is 466 g/mol. The zero-order chi connectivity index (χ0) is 21.4. The summed E-state index contributed by atoms with van der Waals surface area (Å²) in [7, 11) is 0. The molecule has 5 aliphatic rings. The highest BCUT2D eigenvalue weighted by molar-refractivity contribution is 9.10. The number of hydrogen-bond donors (Lipinski definition) is 0. The molecule has 2 heterocycles. The Hall–Kier alpha value is -3.07. The minimum absolute atomic E-state index is 0.0300. The predicted molar refractivity (Wildman–Crippen MR) is 113 cm³/mol. The van der Waals surface area contributed by atoms with Crippen LogP contribution in [0.2, 0.25) is 0 Å². The van der Waals surface area contributed by atoms with Crippen LogP contribution in [0.1, 0.15) is 12.2 Å². The van der Waals surface area contributed by atoms with Gasteiger partial charge in [-0.3, -0.25) is 19.7 Å². The van der Waals surface area contributed by atoms with Crippen LogP contribution in [-0.4, -0.2) is 28.0 Å². The van der Waals surface area contributed by atoms with E-state index in [1.54, 1.807) is 18.2 Å². The van der Waals surface area contributed by atoms with Crippen molar-refractivity contribution in [3.63, 3.8) is 0 Å². The number of rotatable bonds is 4. The Bertz CT molecular complexity index is 1180. The second-order valence-electron chi connectivity index (χ2n) is 8.51. The molecule has 3 fully saturated rings. The summed E-state index contributed by atoms with van der Waals surface area (Å²) in [6.45, 7) is 0. The van der Waals surface area contributed by atoms with Crippen LogP contribution < -0.4 is 0 Å². The summed E-state index contributed by atoms with van der Waals surface area (Å²) in [6.07, 6.45) is 6.73. The molecule has 2 aromatic rings. The van der Waals surface area contributed by atoms with Crippen molar-refractivity contribution in [3.8, 4) is 11.3 Å². The predicted octanol–water partition coefficient (Wildman–Crippen LogP) is 4.00. The lowest BCUT2D eigenvalue weighted by Gasteiger charge is -2.37. The van der Waals surface area contributed by atoms with Gasteiger partial charge in [-0.1, -0.05) is 12.2 Å². The van der Waals surface area contributed by atoms with Gasteiger partial charge in [0.1, 0.15) is 11.5 Å². The number of allylic oxidation sites excluding steroid dienone is 2. The summed E-state index contributed by atoms with van der Waals surface area (Å²) in [5.74, 6) is 1.25. The van der Waals surface area contributed by atoms with Gasteiger partial charge < -0.3 is 4.42 Å². The number of hydrogen-bond acceptors (Lipinski definition) is 6. The smallest absolute Gasteiger partial charge is 0.270 e. The minimum atomic E-state index is -0.471. The number of nitro groups is 1. The van der Waals surface area contributed by atoms with Gasteiger partial charge in [0.2, 0.25) is 0 Å². The van der Waals surface area contributed by atoms with Crippen molar-refractivity contribution < 1.29 is 18.9 Å². The first kappa shape index (κ1) is 18.7. The zero-order valence-electron chi connectivity index (χ0n) is 16.1. The number of non-ortho nitro benzene ring substituents is 1. The van der Waals surface area contributed by atoms with Gasteiger partial charge in [0.05, 0.1) is 23.0 Å². The van der Waals surface area contributed by atoms with Crippen LogP contribution in [0.5, 0.6) is 0 Å². The molecule has 1 aromatic carbocycles. The lowest BCUT2D eigenvalue weighted by Crippen LogP contribution is -2.40. The lowest BCUT2D eigenvalue weighted by atomic mass is 9.63. The molecule has 2 saturated carbocycles. The van der Waals surface area contributed by atoms with E-state index in [1.165, 1.54) is 18.3 Å². The normalized spacial score (nSPS) is 32.6. The van der Waals surface area contributed by atoms with Crippen LogP contribution in [0, 0.1) is 45.6 Å². The van der Waals surface area contributed by atoms with Crippen molar-refractivity contribution in [2.24, 2.45) is 40.6 Å². The minimum Gasteiger partial charge on any atom is -0.455 e. The molecule has 8 nitrogen and oxygen atoms in total. The molecule has 9 heteroatoms. The Morgan fingerprint density at radius 1 is 1.10 bits per heavy atom. The van der Waals surface area contributed by atoms with E-state index in [0.717, 1.165) is 11.4 Å². The summed E-state index contributed by atoms with van der Waals surface area (Å²) in [6, 6.07) is 7.77. The van der Waals surface area contributed by atoms with E-state index in [-0.39, 0.29) is 41.2 Å². The molecule has 1 aromatic heterocycles. The third kappa shape index (κ3) is 2.69. The number of benzene rings is 1. The summed E-state index contributed by atoms with van der Waals surface area (Å²) >= 11 is 3.33. The van der Waals surface area contributed by atoms with Crippen molar-refractivity contribution in [1.82, 2.24) is 5.01 Å². The van der Waals surface area contributed by atoms with Crippen LogP contribution in [0.25, 0.3) is 11.3 Å². The van der Waals surface area contributed by atoms with E-state index in [0.29, 0.717) is 33.4 Å². The van der Waals surface area contributed by atoms with Crippen LogP contribution in [0.3, 0.4) is 0 Å². The Kier molecular flexibility index (Phi) is 3.89. The Morgan fingerprint density at radius 3 is 2.39 bits per heavy atom. The van der Waals surface area contributed by atoms with Gasteiger partial charge in [-0.25, -0.2) is 0 Å². The number of imide groups is 1. The molecule has 0 radical (unpaired) electrons. The van der Waals surface area contributed by atoms with Crippen LogP contribution in [0.4, 0.5) is 5.69 Å². The van der Waals surface area contributed by atoms with Crippen LogP contribution in [0.15, 0.2) is 56.5 Å². The number of carbonyl (C=O) groups is 2. The summed E-state index contributed by atoms with van der Waals surface area (Å²) in [5, 5.41) is 16.1. The molecule has 7 rings (SSSR count). The number of furan rings is 1. The number of hydrazone groups is 1. The maximum absolute atomic E-state index is 12.9. The monoisotopic (exact) mass is 481 g/mol. The molecule has 0 spiro atoms. The quantitative estimate of drug-likeness (QED) is 0.215. The highest BCUT2D eigenvalue weighted by Crippen LogP contribution is 2.65. The first-order valence-electron chi connectivity index (χ1n) is 10.1. The van der Waals surface area contributed by atoms with Crippen molar-refractivity contribution in [3.05, 3.63) is 62.8 Å². The van der Waals surface area contributed by atoms with Crippen LogP contribution >= 0.6 is 15.9 Å². The van der Waals surface area contributed by atoms with E-state index >= 15 is 0 Å². The summed E-state index contributed by atoms with van der Waals surface area (Å²) < 4.78 is 6.29. The highest BCUT2D eigenvalue weighted by atomic mass is 79.9. The fourth-order valence-electron chi connectivity index (χ4n) is 5.55. The average Bonchev–Trinajstić information content (AvgIpc) is 3.40. The van der Waals surface area contributed by atoms with E-state index in [1.807, 2.05) is 0 Å². The Morgan fingerprint density at radius 2 is 1.77 bits per heavy atom. The Balaban J connectivity index is 1.23. The van der Waals surface area contributed by atoms with Crippen LogP contribution in [-0.2, 0) is 9.59 Å². The van der Waals surface area contributed by atoms with E-state index < -0.39 is 4.92 Å². The van der Waals surface area contributed by atoms with E-state index in [4.69, 9.17) is 4.42 Å².